The van der Waals surface area contributed by atoms with Gasteiger partial charge in [0.2, 0.25) is 6.41 Å². The van der Waals surface area contributed by atoms with E-state index in [9.17, 15) is 9.59 Å². The van der Waals surface area contributed by atoms with Crippen LogP contribution in [0.2, 0.25) is 10.0 Å². The topological polar surface area (TPSA) is 72.9 Å². The van der Waals surface area contributed by atoms with Gasteiger partial charge in [-0.3, -0.25) is 19.7 Å². The summed E-state index contributed by atoms with van der Waals surface area (Å²) < 4.78 is 0. The lowest BCUT2D eigenvalue weighted by Gasteiger charge is -2.22. The number of amides is 2. The first-order valence-electron chi connectivity index (χ1n) is 9.35. The van der Waals surface area contributed by atoms with Crippen LogP contribution in [0.15, 0.2) is 60.7 Å². The fourth-order valence-electron chi connectivity index (χ4n) is 3.25. The molecule has 0 aliphatic heterocycles. The van der Waals surface area contributed by atoms with Gasteiger partial charge in [-0.2, -0.15) is 0 Å². The van der Waals surface area contributed by atoms with Crippen LogP contribution in [-0.2, 0) is 11.3 Å². The molecule has 0 saturated carbocycles. The molecule has 160 valence electrons. The highest BCUT2D eigenvalue weighted by molar-refractivity contribution is 6.36. The molecule has 3 aromatic rings. The third-order valence-corrected chi connectivity index (χ3v) is 5.15. The molecule has 0 radical (unpaired) electrons. The Morgan fingerprint density at radius 1 is 1.00 bits per heavy atom. The maximum absolute atomic E-state index is 12.0. The first kappa shape index (κ1) is 22.8. The van der Waals surface area contributed by atoms with Crippen molar-refractivity contribution >= 4 is 46.9 Å². The number of hydrogen-bond donors (Lipinski definition) is 2. The molecule has 0 fully saturated rings. The van der Waals surface area contributed by atoms with Crippen molar-refractivity contribution in [1.29, 1.82) is 0 Å². The molecular formula is C23H21Cl2N3O3. The lowest BCUT2D eigenvalue weighted by Crippen LogP contribution is -2.18. The number of hydrogen-bond acceptors (Lipinski definition) is 4. The lowest BCUT2D eigenvalue weighted by molar-refractivity contribution is -0.106. The summed E-state index contributed by atoms with van der Waals surface area (Å²) in [6, 6.07) is 17.6. The van der Waals surface area contributed by atoms with Crippen LogP contribution in [-0.4, -0.2) is 36.5 Å². The molecule has 2 amide bonds. The van der Waals surface area contributed by atoms with Crippen molar-refractivity contribution in [1.82, 2.24) is 10.4 Å². The molecule has 0 unspecified atom stereocenters. The molecule has 6 nitrogen and oxygen atoms in total. The van der Waals surface area contributed by atoms with Gasteiger partial charge >= 0.3 is 0 Å². The summed E-state index contributed by atoms with van der Waals surface area (Å²) in [5, 5.41) is 9.65. The molecule has 2 N–H and O–H groups in total. The van der Waals surface area contributed by atoms with Gasteiger partial charge in [-0.15, -0.1) is 0 Å². The molecule has 0 heterocycles. The Morgan fingerprint density at radius 2 is 1.71 bits per heavy atom. The van der Waals surface area contributed by atoms with Crippen LogP contribution in [0.25, 0.3) is 11.1 Å². The predicted octanol–water partition coefficient (Wildman–Crippen LogP) is 5.14. The van der Waals surface area contributed by atoms with Crippen LogP contribution in [0.1, 0.15) is 15.9 Å². The summed E-state index contributed by atoms with van der Waals surface area (Å²) in [6.45, 7) is 0.660. The predicted molar refractivity (Wildman–Crippen MR) is 123 cm³/mol. The maximum Gasteiger partial charge on any atom is 0.274 e. The molecule has 0 bridgehead atoms. The molecule has 3 rings (SSSR count). The summed E-state index contributed by atoms with van der Waals surface area (Å²) in [5.74, 6) is -0.585. The van der Waals surface area contributed by atoms with E-state index in [1.54, 1.807) is 47.9 Å². The number of carbonyl (C=O) groups is 2. The number of carbonyl (C=O) groups excluding carboxylic acids is 2. The van der Waals surface area contributed by atoms with Crippen molar-refractivity contribution in [3.63, 3.8) is 0 Å². The van der Waals surface area contributed by atoms with E-state index < -0.39 is 5.91 Å². The van der Waals surface area contributed by atoms with Crippen molar-refractivity contribution in [3.05, 3.63) is 81.8 Å². The van der Waals surface area contributed by atoms with Crippen LogP contribution < -0.4 is 10.4 Å². The average molecular weight is 458 g/mol. The Balaban J connectivity index is 2.09. The summed E-state index contributed by atoms with van der Waals surface area (Å²) >= 11 is 12.3. The largest absolute Gasteiger partial charge is 0.305 e. The standard InChI is InChI=1S/C23H21Cl2N3O3/c1-27(2)13-15-9-18(16-3-5-17(6-4-16)23(30)26-31)11-20(10-15)28(14-29)22-8-7-19(24)12-21(22)25/h3-12,14,31H,13H2,1-2H3,(H,26,30). The van der Waals surface area contributed by atoms with Crippen molar-refractivity contribution in [2.45, 2.75) is 6.54 Å². The zero-order valence-corrected chi connectivity index (χ0v) is 18.5. The fraction of sp³-hybridized carbons (Fsp3) is 0.130. The third kappa shape index (κ3) is 5.42. The van der Waals surface area contributed by atoms with E-state index in [2.05, 4.69) is 0 Å². The van der Waals surface area contributed by atoms with Crippen LogP contribution in [0.5, 0.6) is 0 Å². The molecular weight excluding hydrogens is 437 g/mol. The van der Waals surface area contributed by atoms with Gasteiger partial charge in [-0.05, 0) is 79.3 Å². The van der Waals surface area contributed by atoms with Gasteiger partial charge in [0.15, 0.2) is 0 Å². The van der Waals surface area contributed by atoms with E-state index in [4.69, 9.17) is 28.4 Å². The van der Waals surface area contributed by atoms with Gasteiger partial charge < -0.3 is 4.90 Å². The zero-order chi connectivity index (χ0) is 22.5. The minimum Gasteiger partial charge on any atom is -0.305 e. The number of rotatable bonds is 7. The lowest BCUT2D eigenvalue weighted by atomic mass is 10.00. The maximum atomic E-state index is 12.0. The molecule has 8 heteroatoms. The molecule has 0 atom stereocenters. The van der Waals surface area contributed by atoms with Crippen LogP contribution in [0.3, 0.4) is 0 Å². The molecule has 0 aliphatic carbocycles. The highest BCUT2D eigenvalue weighted by Gasteiger charge is 2.15. The molecule has 0 saturated heterocycles. The number of benzene rings is 3. The van der Waals surface area contributed by atoms with Crippen molar-refractivity contribution in [2.75, 3.05) is 19.0 Å². The monoisotopic (exact) mass is 457 g/mol. The first-order valence-corrected chi connectivity index (χ1v) is 10.1. The molecule has 0 aliphatic rings. The quantitative estimate of drug-likeness (QED) is 0.292. The number of hydroxylamine groups is 1. The molecule has 0 spiro atoms. The van der Waals surface area contributed by atoms with Crippen LogP contribution in [0, 0.1) is 0 Å². The Hall–Kier alpha value is -2.90. The second kappa shape index (κ2) is 9.94. The third-order valence-electron chi connectivity index (χ3n) is 4.61. The first-order chi connectivity index (χ1) is 14.8. The zero-order valence-electron chi connectivity index (χ0n) is 17.0. The van der Waals surface area contributed by atoms with Crippen molar-refractivity contribution in [3.8, 4) is 11.1 Å². The number of nitrogens with zero attached hydrogens (tertiary/aromatic N) is 2. The van der Waals surface area contributed by atoms with E-state index in [-0.39, 0.29) is 0 Å². The van der Waals surface area contributed by atoms with Gasteiger partial charge in [0, 0.05) is 22.8 Å². The Morgan fingerprint density at radius 3 is 2.29 bits per heavy atom. The highest BCUT2D eigenvalue weighted by Crippen LogP contribution is 2.35. The van der Waals surface area contributed by atoms with E-state index in [0.717, 1.165) is 16.7 Å². The van der Waals surface area contributed by atoms with E-state index in [0.29, 0.717) is 39.9 Å². The van der Waals surface area contributed by atoms with E-state index in [1.807, 2.05) is 37.2 Å². The molecule has 0 aromatic heterocycles. The fourth-order valence-corrected chi connectivity index (χ4v) is 3.75. The van der Waals surface area contributed by atoms with E-state index >= 15 is 0 Å². The summed E-state index contributed by atoms with van der Waals surface area (Å²) in [5.41, 5.74) is 5.82. The Bertz CT molecular complexity index is 1100. The smallest absolute Gasteiger partial charge is 0.274 e. The Labute approximate surface area is 190 Å². The minimum atomic E-state index is -0.585. The van der Waals surface area contributed by atoms with Gasteiger partial charge in [0.25, 0.3) is 5.91 Å². The normalized spacial score (nSPS) is 10.8. The van der Waals surface area contributed by atoms with Gasteiger partial charge in [-0.1, -0.05) is 35.3 Å². The average Bonchev–Trinajstić information content (AvgIpc) is 2.74. The number of anilines is 2. The molecule has 31 heavy (non-hydrogen) atoms. The number of nitrogens with one attached hydrogen (secondary N) is 1. The van der Waals surface area contributed by atoms with Crippen LogP contribution in [0.4, 0.5) is 11.4 Å². The minimum absolute atomic E-state index is 0.332. The highest BCUT2D eigenvalue weighted by atomic mass is 35.5. The van der Waals surface area contributed by atoms with Gasteiger partial charge in [-0.25, -0.2) is 5.48 Å². The van der Waals surface area contributed by atoms with E-state index in [1.165, 1.54) is 4.90 Å². The van der Waals surface area contributed by atoms with Gasteiger partial charge in [0.05, 0.1) is 10.7 Å². The number of halogens is 2. The Kier molecular flexibility index (Phi) is 7.30. The summed E-state index contributed by atoms with van der Waals surface area (Å²) in [6.07, 6.45) is 0.711. The van der Waals surface area contributed by atoms with Crippen LogP contribution >= 0.6 is 23.2 Å². The second-order valence-corrected chi connectivity index (χ2v) is 8.06. The second-order valence-electron chi connectivity index (χ2n) is 7.22. The summed E-state index contributed by atoms with van der Waals surface area (Å²) in [4.78, 5) is 27.1. The summed E-state index contributed by atoms with van der Waals surface area (Å²) in [7, 11) is 3.92. The van der Waals surface area contributed by atoms with Gasteiger partial charge in [0.1, 0.15) is 0 Å². The molecule has 3 aromatic carbocycles. The SMILES string of the molecule is CN(C)Cc1cc(-c2ccc(C(=O)NO)cc2)cc(N(C=O)c2ccc(Cl)cc2Cl)c1. The van der Waals surface area contributed by atoms with Crippen molar-refractivity contribution in [2.24, 2.45) is 0 Å². The van der Waals surface area contributed by atoms with Crippen molar-refractivity contribution < 1.29 is 14.8 Å².